The van der Waals surface area contributed by atoms with Crippen molar-refractivity contribution in [1.82, 2.24) is 9.97 Å². The van der Waals surface area contributed by atoms with Crippen LogP contribution in [-0.4, -0.2) is 40.8 Å². The molecule has 15 heavy (non-hydrogen) atoms. The molecule has 2 N–H and O–H groups in total. The van der Waals surface area contributed by atoms with Gasteiger partial charge in [0, 0.05) is 19.0 Å². The number of aliphatic carboxylic acids is 1. The lowest BCUT2D eigenvalue weighted by Gasteiger charge is -2.12. The molecule has 0 fully saturated rings. The summed E-state index contributed by atoms with van der Waals surface area (Å²) in [4.78, 5) is 18.7. The monoisotopic (exact) mass is 211 g/mol. The number of nitrogens with zero attached hydrogens (tertiary/aromatic N) is 2. The minimum absolute atomic E-state index is 0.0621. The fourth-order valence-electron chi connectivity index (χ4n) is 1.02. The van der Waals surface area contributed by atoms with Crippen LogP contribution in [0.2, 0.25) is 0 Å². The Morgan fingerprint density at radius 1 is 1.73 bits per heavy atom. The van der Waals surface area contributed by atoms with Gasteiger partial charge in [0.1, 0.15) is 0 Å². The lowest BCUT2D eigenvalue weighted by molar-refractivity contribution is -0.139. The van der Waals surface area contributed by atoms with Crippen molar-refractivity contribution in [3.63, 3.8) is 0 Å². The zero-order chi connectivity index (χ0) is 11.3. The number of carboxylic acid groups (broad SMARTS) is 1. The largest absolute Gasteiger partial charge is 0.480 e. The zero-order valence-electron chi connectivity index (χ0n) is 8.60. The number of aryl methyl sites for hydroxylation is 1. The van der Waals surface area contributed by atoms with Crippen LogP contribution in [0, 0.1) is 6.92 Å². The van der Waals surface area contributed by atoms with E-state index in [0.29, 0.717) is 5.95 Å². The number of anilines is 1. The average molecular weight is 211 g/mol. The van der Waals surface area contributed by atoms with Gasteiger partial charge in [0.2, 0.25) is 5.95 Å². The highest BCUT2D eigenvalue weighted by Crippen LogP contribution is 2.02. The molecule has 1 heterocycles. The maximum absolute atomic E-state index is 10.8. The van der Waals surface area contributed by atoms with E-state index in [4.69, 9.17) is 9.84 Å². The number of hydrogen-bond donors (Lipinski definition) is 2. The van der Waals surface area contributed by atoms with Crippen LogP contribution in [0.5, 0.6) is 0 Å². The smallest absolute Gasteiger partial charge is 0.328 e. The highest BCUT2D eigenvalue weighted by atomic mass is 16.5. The number of hydrogen-bond acceptors (Lipinski definition) is 5. The van der Waals surface area contributed by atoms with Crippen LogP contribution >= 0.6 is 0 Å². The number of carboxylic acids is 1. The summed E-state index contributed by atoms with van der Waals surface area (Å²) in [6, 6.07) is 0.897. The molecule has 0 bridgehead atoms. The normalized spacial score (nSPS) is 12.1. The van der Waals surface area contributed by atoms with Crippen LogP contribution in [0.25, 0.3) is 0 Å². The van der Waals surface area contributed by atoms with Crippen molar-refractivity contribution in [2.24, 2.45) is 0 Å². The summed E-state index contributed by atoms with van der Waals surface area (Å²) in [5, 5.41) is 11.5. The second-order valence-electron chi connectivity index (χ2n) is 3.01. The molecule has 0 aliphatic rings. The van der Waals surface area contributed by atoms with Crippen LogP contribution in [-0.2, 0) is 9.53 Å². The van der Waals surface area contributed by atoms with E-state index in [1.54, 1.807) is 19.2 Å². The van der Waals surface area contributed by atoms with Crippen molar-refractivity contribution >= 4 is 11.9 Å². The highest BCUT2D eigenvalue weighted by Gasteiger charge is 2.17. The molecule has 1 unspecified atom stereocenters. The van der Waals surface area contributed by atoms with E-state index < -0.39 is 12.0 Å². The van der Waals surface area contributed by atoms with Gasteiger partial charge in [-0.25, -0.2) is 14.8 Å². The Balaban J connectivity index is 2.69. The molecule has 0 aromatic carbocycles. The van der Waals surface area contributed by atoms with Crippen LogP contribution in [0.4, 0.5) is 5.95 Å². The molecule has 1 atom stereocenters. The molecule has 6 nitrogen and oxygen atoms in total. The van der Waals surface area contributed by atoms with E-state index >= 15 is 0 Å². The molecule has 6 heteroatoms. The van der Waals surface area contributed by atoms with Gasteiger partial charge in [-0.3, -0.25) is 0 Å². The van der Waals surface area contributed by atoms with E-state index in [1.165, 1.54) is 7.11 Å². The fraction of sp³-hybridized carbons (Fsp3) is 0.444. The first kappa shape index (κ1) is 11.4. The van der Waals surface area contributed by atoms with Gasteiger partial charge in [0.15, 0.2) is 6.04 Å². The summed E-state index contributed by atoms with van der Waals surface area (Å²) in [5.74, 6) is -0.707. The number of carbonyl (C=O) groups is 1. The summed E-state index contributed by atoms with van der Waals surface area (Å²) in [6.45, 7) is 1.87. The lowest BCUT2D eigenvalue weighted by Crippen LogP contribution is -2.34. The van der Waals surface area contributed by atoms with Crippen LogP contribution in [0.1, 0.15) is 5.69 Å². The SMILES string of the molecule is COCC(Nc1nccc(C)n1)C(=O)O. The second kappa shape index (κ2) is 5.26. The standard InChI is InChI=1S/C9H13N3O3/c1-6-3-4-10-9(11-6)12-7(5-15-2)8(13)14/h3-4,7H,5H2,1-2H3,(H,13,14)(H,10,11,12). The minimum atomic E-state index is -0.998. The summed E-state index contributed by atoms with van der Waals surface area (Å²) < 4.78 is 4.77. The molecule has 0 aliphatic carbocycles. The van der Waals surface area contributed by atoms with E-state index in [-0.39, 0.29) is 6.61 Å². The Kier molecular flexibility index (Phi) is 3.99. The van der Waals surface area contributed by atoms with Gasteiger partial charge >= 0.3 is 5.97 Å². The Morgan fingerprint density at radius 3 is 3.00 bits per heavy atom. The van der Waals surface area contributed by atoms with Crippen molar-refractivity contribution in [3.05, 3.63) is 18.0 Å². The summed E-state index contributed by atoms with van der Waals surface area (Å²) >= 11 is 0. The van der Waals surface area contributed by atoms with Crippen LogP contribution in [0.15, 0.2) is 12.3 Å². The third kappa shape index (κ3) is 3.51. The summed E-state index contributed by atoms with van der Waals surface area (Å²) in [6.07, 6.45) is 1.57. The fourth-order valence-corrected chi connectivity index (χ4v) is 1.02. The predicted octanol–water partition coefficient (Wildman–Crippen LogP) is 0.297. The summed E-state index contributed by atoms with van der Waals surface area (Å²) in [5.41, 5.74) is 0.772. The molecule has 0 aliphatic heterocycles. The molecule has 0 saturated carbocycles. The lowest BCUT2D eigenvalue weighted by atomic mass is 10.3. The maximum Gasteiger partial charge on any atom is 0.328 e. The van der Waals surface area contributed by atoms with Crippen LogP contribution in [0.3, 0.4) is 0 Å². The molecule has 1 aromatic heterocycles. The Hall–Kier alpha value is -1.69. The number of ether oxygens (including phenoxy) is 1. The first-order valence-electron chi connectivity index (χ1n) is 4.41. The number of methoxy groups -OCH3 is 1. The molecule has 0 amide bonds. The topological polar surface area (TPSA) is 84.3 Å². The van der Waals surface area contributed by atoms with E-state index in [9.17, 15) is 4.79 Å². The van der Waals surface area contributed by atoms with E-state index in [0.717, 1.165) is 5.69 Å². The van der Waals surface area contributed by atoms with Gasteiger partial charge in [0.25, 0.3) is 0 Å². The quantitative estimate of drug-likeness (QED) is 0.728. The van der Waals surface area contributed by atoms with Crippen LogP contribution < -0.4 is 5.32 Å². The third-order valence-electron chi connectivity index (χ3n) is 1.73. The van der Waals surface area contributed by atoms with E-state index in [1.807, 2.05) is 0 Å². The molecule has 1 rings (SSSR count). The predicted molar refractivity (Wildman–Crippen MR) is 53.7 cm³/mol. The van der Waals surface area contributed by atoms with Gasteiger partial charge in [0.05, 0.1) is 6.61 Å². The van der Waals surface area contributed by atoms with Crippen molar-refractivity contribution in [1.29, 1.82) is 0 Å². The molecule has 0 radical (unpaired) electrons. The minimum Gasteiger partial charge on any atom is -0.480 e. The Bertz CT molecular complexity index is 343. The molecular weight excluding hydrogens is 198 g/mol. The van der Waals surface area contributed by atoms with Gasteiger partial charge < -0.3 is 15.2 Å². The van der Waals surface area contributed by atoms with Crippen molar-refractivity contribution in [2.45, 2.75) is 13.0 Å². The molecule has 0 spiro atoms. The number of aromatic nitrogens is 2. The van der Waals surface area contributed by atoms with Gasteiger partial charge in [-0.1, -0.05) is 0 Å². The maximum atomic E-state index is 10.8. The molecule has 82 valence electrons. The molecular formula is C9H13N3O3. The first-order valence-corrected chi connectivity index (χ1v) is 4.41. The number of nitrogens with one attached hydrogen (secondary N) is 1. The van der Waals surface area contributed by atoms with Crippen molar-refractivity contribution < 1.29 is 14.6 Å². The highest BCUT2D eigenvalue weighted by molar-refractivity contribution is 5.76. The molecule has 0 saturated heterocycles. The Labute approximate surface area is 87.3 Å². The average Bonchev–Trinajstić information content (AvgIpc) is 2.17. The molecule has 1 aromatic rings. The van der Waals surface area contributed by atoms with Gasteiger partial charge in [-0.2, -0.15) is 0 Å². The van der Waals surface area contributed by atoms with Gasteiger partial charge in [-0.15, -0.1) is 0 Å². The first-order chi connectivity index (χ1) is 7.13. The zero-order valence-corrected chi connectivity index (χ0v) is 8.60. The van der Waals surface area contributed by atoms with Crippen molar-refractivity contribution in [2.75, 3.05) is 19.0 Å². The third-order valence-corrected chi connectivity index (χ3v) is 1.73. The van der Waals surface area contributed by atoms with E-state index in [2.05, 4.69) is 15.3 Å². The van der Waals surface area contributed by atoms with Gasteiger partial charge in [-0.05, 0) is 13.0 Å². The summed E-state index contributed by atoms with van der Waals surface area (Å²) in [7, 11) is 1.44. The van der Waals surface area contributed by atoms with Crippen molar-refractivity contribution in [3.8, 4) is 0 Å². The Morgan fingerprint density at radius 2 is 2.47 bits per heavy atom. The number of rotatable bonds is 5. The second-order valence-corrected chi connectivity index (χ2v) is 3.01.